The van der Waals surface area contributed by atoms with E-state index in [1.807, 2.05) is 26.0 Å². The second-order valence-corrected chi connectivity index (χ2v) is 3.96. The number of carbonyl (C=O) groups excluding carboxylic acids is 1. The summed E-state index contributed by atoms with van der Waals surface area (Å²) in [6.07, 6.45) is 3.97. The van der Waals surface area contributed by atoms with Crippen molar-refractivity contribution in [3.05, 3.63) is 30.1 Å². The van der Waals surface area contributed by atoms with E-state index in [0.717, 1.165) is 6.42 Å². The number of amides is 1. The Bertz CT molecular complexity index is 325. The molecular formula is C12H18N2O2. The van der Waals surface area contributed by atoms with Crippen LogP contribution in [-0.4, -0.2) is 35.7 Å². The molecule has 0 aliphatic heterocycles. The van der Waals surface area contributed by atoms with E-state index < -0.39 is 0 Å². The fourth-order valence-corrected chi connectivity index (χ4v) is 1.23. The van der Waals surface area contributed by atoms with Crippen LogP contribution in [0.4, 0.5) is 4.79 Å². The molecule has 88 valence electrons. The van der Waals surface area contributed by atoms with E-state index in [1.165, 1.54) is 5.56 Å². The third-order valence-electron chi connectivity index (χ3n) is 2.13. The number of carbonyl (C=O) groups is 1. The Balaban J connectivity index is 2.35. The van der Waals surface area contributed by atoms with Gasteiger partial charge in [-0.1, -0.05) is 0 Å². The number of hydrogen-bond donors (Lipinski definition) is 0. The molecule has 4 heteroatoms. The van der Waals surface area contributed by atoms with Gasteiger partial charge in [-0.3, -0.25) is 4.98 Å². The van der Waals surface area contributed by atoms with E-state index >= 15 is 0 Å². The first kappa shape index (κ1) is 12.5. The maximum absolute atomic E-state index is 11.5. The van der Waals surface area contributed by atoms with E-state index in [1.54, 1.807) is 24.3 Å². The highest BCUT2D eigenvalue weighted by atomic mass is 16.6. The zero-order valence-corrected chi connectivity index (χ0v) is 10.0. The minimum Gasteiger partial charge on any atom is -0.447 e. The smallest absolute Gasteiger partial charge is 0.409 e. The van der Waals surface area contributed by atoms with Gasteiger partial charge < -0.3 is 9.64 Å². The number of ether oxygens (including phenoxy) is 1. The minimum atomic E-state index is -0.274. The number of rotatable bonds is 4. The van der Waals surface area contributed by atoms with Crippen molar-refractivity contribution in [3.8, 4) is 0 Å². The summed E-state index contributed by atoms with van der Waals surface area (Å²) in [4.78, 5) is 17.0. The highest BCUT2D eigenvalue weighted by molar-refractivity contribution is 5.67. The largest absolute Gasteiger partial charge is 0.447 e. The first-order chi connectivity index (χ1) is 7.59. The zero-order valence-electron chi connectivity index (χ0n) is 10.0. The fraction of sp³-hybridized carbons (Fsp3) is 0.500. The van der Waals surface area contributed by atoms with Crippen molar-refractivity contribution in [2.24, 2.45) is 0 Å². The lowest BCUT2D eigenvalue weighted by Gasteiger charge is -2.18. The molecule has 1 aromatic heterocycles. The molecule has 1 aromatic rings. The molecule has 0 saturated carbocycles. The number of aromatic nitrogens is 1. The zero-order chi connectivity index (χ0) is 12.0. The van der Waals surface area contributed by atoms with Gasteiger partial charge in [0.25, 0.3) is 0 Å². The summed E-state index contributed by atoms with van der Waals surface area (Å²) in [6, 6.07) is 3.89. The number of nitrogens with zero attached hydrogens (tertiary/aromatic N) is 2. The molecule has 4 nitrogen and oxygen atoms in total. The SMILES string of the molecule is CC(C)OC(=O)N(C)CCc1ccncc1. The number of likely N-dealkylation sites (N-methyl/N-ethyl adjacent to an activating group) is 1. The summed E-state index contributed by atoms with van der Waals surface area (Å²) < 4.78 is 5.08. The Morgan fingerprint density at radius 1 is 1.44 bits per heavy atom. The molecule has 0 radical (unpaired) electrons. The highest BCUT2D eigenvalue weighted by Gasteiger charge is 2.10. The van der Waals surface area contributed by atoms with Gasteiger partial charge in [0.1, 0.15) is 0 Å². The Morgan fingerprint density at radius 2 is 2.06 bits per heavy atom. The molecule has 0 aliphatic carbocycles. The number of pyridine rings is 1. The van der Waals surface area contributed by atoms with Gasteiger partial charge in [0.2, 0.25) is 0 Å². The first-order valence-corrected chi connectivity index (χ1v) is 5.40. The molecule has 0 aliphatic rings. The average Bonchev–Trinajstić information content (AvgIpc) is 2.26. The molecule has 0 atom stereocenters. The lowest BCUT2D eigenvalue weighted by Crippen LogP contribution is -2.31. The van der Waals surface area contributed by atoms with Crippen molar-refractivity contribution in [2.45, 2.75) is 26.4 Å². The first-order valence-electron chi connectivity index (χ1n) is 5.40. The topological polar surface area (TPSA) is 42.4 Å². The summed E-state index contributed by atoms with van der Waals surface area (Å²) >= 11 is 0. The second-order valence-electron chi connectivity index (χ2n) is 3.96. The second kappa shape index (κ2) is 6.10. The molecule has 0 saturated heterocycles. The number of hydrogen-bond acceptors (Lipinski definition) is 3. The molecule has 0 N–H and O–H groups in total. The summed E-state index contributed by atoms with van der Waals surface area (Å²) in [5.74, 6) is 0. The predicted octanol–water partition coefficient (Wildman–Crippen LogP) is 2.10. The molecule has 16 heavy (non-hydrogen) atoms. The van der Waals surface area contributed by atoms with Crippen LogP contribution in [0.5, 0.6) is 0 Å². The van der Waals surface area contributed by atoms with E-state index in [-0.39, 0.29) is 12.2 Å². The van der Waals surface area contributed by atoms with Crippen LogP contribution >= 0.6 is 0 Å². The molecule has 1 amide bonds. The summed E-state index contributed by atoms with van der Waals surface area (Å²) in [5.41, 5.74) is 1.17. The van der Waals surface area contributed by atoms with Gasteiger partial charge in [-0.05, 0) is 38.0 Å². The third-order valence-corrected chi connectivity index (χ3v) is 2.13. The maximum atomic E-state index is 11.5. The Hall–Kier alpha value is -1.58. The van der Waals surface area contributed by atoms with Gasteiger partial charge in [-0.15, -0.1) is 0 Å². The van der Waals surface area contributed by atoms with Crippen molar-refractivity contribution in [2.75, 3.05) is 13.6 Å². The Labute approximate surface area is 96.2 Å². The standard InChI is InChI=1S/C12H18N2O2/c1-10(2)16-12(15)14(3)9-6-11-4-7-13-8-5-11/h4-5,7-8,10H,6,9H2,1-3H3. The van der Waals surface area contributed by atoms with E-state index in [4.69, 9.17) is 4.74 Å². The van der Waals surface area contributed by atoms with E-state index in [0.29, 0.717) is 6.54 Å². The molecular weight excluding hydrogens is 204 g/mol. The highest BCUT2D eigenvalue weighted by Crippen LogP contribution is 2.01. The Kier molecular flexibility index (Phi) is 4.76. The minimum absolute atomic E-state index is 0.0733. The van der Waals surface area contributed by atoms with Gasteiger partial charge in [0.15, 0.2) is 0 Å². The van der Waals surface area contributed by atoms with Gasteiger partial charge in [0.05, 0.1) is 6.10 Å². The van der Waals surface area contributed by atoms with E-state index in [9.17, 15) is 4.79 Å². The Morgan fingerprint density at radius 3 is 2.62 bits per heavy atom. The van der Waals surface area contributed by atoms with Gasteiger partial charge in [0, 0.05) is 26.0 Å². The van der Waals surface area contributed by atoms with Crippen molar-refractivity contribution in [1.29, 1.82) is 0 Å². The monoisotopic (exact) mass is 222 g/mol. The molecule has 0 spiro atoms. The van der Waals surface area contributed by atoms with Crippen LogP contribution in [0.25, 0.3) is 0 Å². The van der Waals surface area contributed by atoms with E-state index in [2.05, 4.69) is 4.98 Å². The van der Waals surface area contributed by atoms with Crippen LogP contribution in [0.3, 0.4) is 0 Å². The fourth-order valence-electron chi connectivity index (χ4n) is 1.23. The van der Waals surface area contributed by atoms with Crippen molar-refractivity contribution < 1.29 is 9.53 Å². The van der Waals surface area contributed by atoms with Crippen LogP contribution in [0.2, 0.25) is 0 Å². The quantitative estimate of drug-likeness (QED) is 0.783. The third kappa shape index (κ3) is 4.29. The molecule has 1 heterocycles. The normalized spacial score (nSPS) is 10.2. The summed E-state index contributed by atoms with van der Waals surface area (Å²) in [6.45, 7) is 4.33. The van der Waals surface area contributed by atoms with Crippen LogP contribution in [0.1, 0.15) is 19.4 Å². The average molecular weight is 222 g/mol. The molecule has 0 fully saturated rings. The predicted molar refractivity (Wildman–Crippen MR) is 62.2 cm³/mol. The molecule has 0 unspecified atom stereocenters. The maximum Gasteiger partial charge on any atom is 0.409 e. The summed E-state index contributed by atoms with van der Waals surface area (Å²) in [7, 11) is 1.74. The molecule has 1 rings (SSSR count). The summed E-state index contributed by atoms with van der Waals surface area (Å²) in [5, 5.41) is 0. The van der Waals surface area contributed by atoms with Crippen molar-refractivity contribution >= 4 is 6.09 Å². The molecule has 0 bridgehead atoms. The van der Waals surface area contributed by atoms with Gasteiger partial charge in [-0.25, -0.2) is 4.79 Å². The van der Waals surface area contributed by atoms with Crippen molar-refractivity contribution in [1.82, 2.24) is 9.88 Å². The van der Waals surface area contributed by atoms with Crippen LogP contribution in [0, 0.1) is 0 Å². The molecule has 0 aromatic carbocycles. The lowest BCUT2D eigenvalue weighted by molar-refractivity contribution is 0.0844. The lowest BCUT2D eigenvalue weighted by atomic mass is 10.2. The van der Waals surface area contributed by atoms with Crippen molar-refractivity contribution in [3.63, 3.8) is 0 Å². The van der Waals surface area contributed by atoms with Crippen LogP contribution < -0.4 is 0 Å². The van der Waals surface area contributed by atoms with Gasteiger partial charge >= 0.3 is 6.09 Å². The van der Waals surface area contributed by atoms with Crippen LogP contribution in [-0.2, 0) is 11.2 Å². The van der Waals surface area contributed by atoms with Crippen LogP contribution in [0.15, 0.2) is 24.5 Å². The van der Waals surface area contributed by atoms with Gasteiger partial charge in [-0.2, -0.15) is 0 Å².